The van der Waals surface area contributed by atoms with Gasteiger partial charge in [-0.15, -0.1) is 0 Å². The molecule has 0 aromatic carbocycles. The van der Waals surface area contributed by atoms with Crippen LogP contribution in [0.3, 0.4) is 0 Å². The third-order valence-corrected chi connectivity index (χ3v) is 6.86. The molecule has 0 aliphatic carbocycles. The molecule has 0 spiro atoms. The van der Waals surface area contributed by atoms with E-state index in [1.807, 2.05) is 0 Å². The minimum Gasteiger partial charge on any atom is -0.391 e. The van der Waals surface area contributed by atoms with Gasteiger partial charge in [0.1, 0.15) is 10.6 Å². The van der Waals surface area contributed by atoms with E-state index >= 15 is 0 Å². The Hall–Kier alpha value is -1.42. The Labute approximate surface area is 148 Å². The number of piperidine rings is 1. The summed E-state index contributed by atoms with van der Waals surface area (Å²) in [7, 11) is -1.89. The summed E-state index contributed by atoms with van der Waals surface area (Å²) in [6.07, 6.45) is 3.82. The second-order valence-corrected chi connectivity index (χ2v) is 8.77. The van der Waals surface area contributed by atoms with Gasteiger partial charge in [-0.25, -0.2) is 8.42 Å². The first-order chi connectivity index (χ1) is 11.9. The van der Waals surface area contributed by atoms with Gasteiger partial charge in [-0.05, 0) is 18.9 Å². The minimum atomic E-state index is -3.55. The number of amides is 1. The van der Waals surface area contributed by atoms with E-state index in [1.165, 1.54) is 21.1 Å². The summed E-state index contributed by atoms with van der Waals surface area (Å²) in [6.45, 7) is 2.61. The largest absolute Gasteiger partial charge is 0.391 e. The predicted molar refractivity (Wildman–Crippen MR) is 92.7 cm³/mol. The van der Waals surface area contributed by atoms with Crippen molar-refractivity contribution in [1.29, 1.82) is 0 Å². The lowest BCUT2D eigenvalue weighted by atomic mass is 10.1. The van der Waals surface area contributed by atoms with Gasteiger partial charge in [0.15, 0.2) is 0 Å². The molecule has 1 aromatic heterocycles. The number of aliphatic hydroxyl groups excluding tert-OH is 1. The SMILES string of the molecule is Cn1cc(S(=O)(=O)N2CCCCC2)cc1C(=O)NCC1CNCC1O. The van der Waals surface area contributed by atoms with Crippen LogP contribution < -0.4 is 10.6 Å². The topological polar surface area (TPSA) is 104 Å². The molecule has 25 heavy (non-hydrogen) atoms. The van der Waals surface area contributed by atoms with E-state index in [4.69, 9.17) is 0 Å². The van der Waals surface area contributed by atoms with Crippen LogP contribution in [0.15, 0.2) is 17.2 Å². The van der Waals surface area contributed by atoms with Gasteiger partial charge in [0.2, 0.25) is 10.0 Å². The van der Waals surface area contributed by atoms with Crippen molar-refractivity contribution in [2.45, 2.75) is 30.3 Å². The summed E-state index contributed by atoms with van der Waals surface area (Å²) in [5.41, 5.74) is 0.302. The van der Waals surface area contributed by atoms with Crippen molar-refractivity contribution in [3.63, 3.8) is 0 Å². The summed E-state index contributed by atoms with van der Waals surface area (Å²) in [4.78, 5) is 12.6. The molecule has 140 valence electrons. The minimum absolute atomic E-state index is 0.0271. The molecule has 8 nitrogen and oxygen atoms in total. The number of hydrogen-bond acceptors (Lipinski definition) is 5. The molecule has 9 heteroatoms. The second kappa shape index (κ2) is 7.45. The lowest BCUT2D eigenvalue weighted by Gasteiger charge is -2.25. The fraction of sp³-hybridized carbons (Fsp3) is 0.688. The highest BCUT2D eigenvalue weighted by Gasteiger charge is 2.29. The van der Waals surface area contributed by atoms with Gasteiger partial charge < -0.3 is 20.3 Å². The smallest absolute Gasteiger partial charge is 0.267 e. The first-order valence-corrected chi connectivity index (χ1v) is 10.2. The van der Waals surface area contributed by atoms with E-state index in [0.29, 0.717) is 38.4 Å². The number of aliphatic hydroxyl groups is 1. The molecule has 2 aliphatic heterocycles. The van der Waals surface area contributed by atoms with E-state index in [2.05, 4.69) is 10.6 Å². The quantitative estimate of drug-likeness (QED) is 0.649. The highest BCUT2D eigenvalue weighted by molar-refractivity contribution is 7.89. The summed E-state index contributed by atoms with van der Waals surface area (Å²) in [5, 5.41) is 15.6. The third-order valence-electron chi connectivity index (χ3n) is 4.99. The van der Waals surface area contributed by atoms with E-state index in [9.17, 15) is 18.3 Å². The van der Waals surface area contributed by atoms with E-state index < -0.39 is 16.1 Å². The van der Waals surface area contributed by atoms with Crippen molar-refractivity contribution < 1.29 is 18.3 Å². The number of aromatic nitrogens is 1. The molecule has 0 bridgehead atoms. The first kappa shape index (κ1) is 18.4. The Morgan fingerprint density at radius 1 is 1.32 bits per heavy atom. The van der Waals surface area contributed by atoms with Crippen LogP contribution in [-0.2, 0) is 17.1 Å². The molecule has 2 atom stereocenters. The number of rotatable bonds is 5. The van der Waals surface area contributed by atoms with Crippen LogP contribution in [0.2, 0.25) is 0 Å². The normalized spacial score (nSPS) is 25.2. The van der Waals surface area contributed by atoms with E-state index in [1.54, 1.807) is 7.05 Å². The maximum absolute atomic E-state index is 12.7. The van der Waals surface area contributed by atoms with Gasteiger partial charge in [0.05, 0.1) is 6.10 Å². The van der Waals surface area contributed by atoms with Crippen molar-refractivity contribution >= 4 is 15.9 Å². The number of sulfonamides is 1. The average molecular weight is 370 g/mol. The highest BCUT2D eigenvalue weighted by atomic mass is 32.2. The number of β-amino-alcohol motifs (C(OH)–C–C–N with tert-alkyl or cyclic N) is 1. The van der Waals surface area contributed by atoms with Crippen LogP contribution in [0.1, 0.15) is 29.8 Å². The molecule has 1 amide bonds. The zero-order valence-corrected chi connectivity index (χ0v) is 15.3. The van der Waals surface area contributed by atoms with E-state index in [-0.39, 0.29) is 16.7 Å². The molecule has 3 rings (SSSR count). The van der Waals surface area contributed by atoms with Crippen molar-refractivity contribution in [1.82, 2.24) is 19.5 Å². The number of nitrogens with one attached hydrogen (secondary N) is 2. The van der Waals surface area contributed by atoms with Crippen molar-refractivity contribution in [2.24, 2.45) is 13.0 Å². The number of carbonyl (C=O) groups excluding carboxylic acids is 1. The first-order valence-electron chi connectivity index (χ1n) is 8.73. The number of aryl methyl sites for hydroxylation is 1. The van der Waals surface area contributed by atoms with Crippen LogP contribution in [0.25, 0.3) is 0 Å². The molecular weight excluding hydrogens is 344 g/mol. The van der Waals surface area contributed by atoms with Gasteiger partial charge >= 0.3 is 0 Å². The van der Waals surface area contributed by atoms with Crippen molar-refractivity contribution in [3.8, 4) is 0 Å². The average Bonchev–Trinajstić information content (AvgIpc) is 3.19. The zero-order chi connectivity index (χ0) is 18.0. The number of nitrogens with zero attached hydrogens (tertiary/aromatic N) is 2. The lowest BCUT2D eigenvalue weighted by Crippen LogP contribution is -2.35. The number of carbonyl (C=O) groups is 1. The molecule has 1 aromatic rings. The standard InChI is InChI=1S/C16H26N4O4S/c1-19-11-13(25(23,24)20-5-3-2-4-6-20)7-14(19)16(22)18-9-12-8-17-10-15(12)21/h7,11-12,15,17,21H,2-6,8-10H2,1H3,(H,18,22). The lowest BCUT2D eigenvalue weighted by molar-refractivity contribution is 0.0919. The Bertz CT molecular complexity index is 724. The second-order valence-electron chi connectivity index (χ2n) is 6.83. The van der Waals surface area contributed by atoms with Gasteiger partial charge in [-0.1, -0.05) is 6.42 Å². The van der Waals surface area contributed by atoms with Gasteiger partial charge in [-0.2, -0.15) is 4.31 Å². The van der Waals surface area contributed by atoms with Crippen LogP contribution >= 0.6 is 0 Å². The number of hydrogen-bond donors (Lipinski definition) is 3. The molecule has 2 unspecified atom stereocenters. The molecule has 0 saturated carbocycles. The van der Waals surface area contributed by atoms with Gasteiger partial charge in [0.25, 0.3) is 5.91 Å². The van der Waals surface area contributed by atoms with Crippen molar-refractivity contribution in [2.75, 3.05) is 32.7 Å². The zero-order valence-electron chi connectivity index (χ0n) is 14.4. The molecular formula is C16H26N4O4S. The molecule has 2 fully saturated rings. The van der Waals surface area contributed by atoms with Gasteiger partial charge in [0, 0.05) is 51.9 Å². The molecule has 0 radical (unpaired) electrons. The Morgan fingerprint density at radius 3 is 2.68 bits per heavy atom. The Balaban J connectivity index is 1.69. The van der Waals surface area contributed by atoms with E-state index in [0.717, 1.165) is 19.3 Å². The van der Waals surface area contributed by atoms with Crippen LogP contribution in [-0.4, -0.2) is 67.1 Å². The maximum Gasteiger partial charge on any atom is 0.267 e. The fourth-order valence-electron chi connectivity index (χ4n) is 3.40. The maximum atomic E-state index is 12.7. The summed E-state index contributed by atoms with van der Waals surface area (Å²) in [6, 6.07) is 1.43. The molecule has 2 aliphatic rings. The van der Waals surface area contributed by atoms with Crippen molar-refractivity contribution in [3.05, 3.63) is 18.0 Å². The molecule has 2 saturated heterocycles. The summed E-state index contributed by atoms with van der Waals surface area (Å²) >= 11 is 0. The van der Waals surface area contributed by atoms with Crippen LogP contribution in [0.5, 0.6) is 0 Å². The highest BCUT2D eigenvalue weighted by Crippen LogP contribution is 2.22. The summed E-state index contributed by atoms with van der Waals surface area (Å²) < 4.78 is 28.5. The fourth-order valence-corrected chi connectivity index (χ4v) is 4.99. The monoisotopic (exact) mass is 370 g/mol. The third kappa shape index (κ3) is 3.89. The Kier molecular flexibility index (Phi) is 5.47. The molecule has 3 N–H and O–H groups in total. The van der Waals surface area contributed by atoms with Crippen LogP contribution in [0.4, 0.5) is 0 Å². The van der Waals surface area contributed by atoms with Crippen LogP contribution in [0, 0.1) is 5.92 Å². The predicted octanol–water partition coefficient (Wildman–Crippen LogP) is -0.490. The van der Waals surface area contributed by atoms with Gasteiger partial charge in [-0.3, -0.25) is 4.79 Å². The summed E-state index contributed by atoms with van der Waals surface area (Å²) in [5.74, 6) is -0.359. The molecule has 3 heterocycles. The Morgan fingerprint density at radius 2 is 2.04 bits per heavy atom.